The number of hydrogen-bond donors (Lipinski definition) is 1. The predicted octanol–water partition coefficient (Wildman–Crippen LogP) is 3.27. The van der Waals surface area contributed by atoms with Crippen molar-refractivity contribution in [3.63, 3.8) is 0 Å². The first-order chi connectivity index (χ1) is 9.65. The lowest BCUT2D eigenvalue weighted by Crippen LogP contribution is -2.32. The molecule has 2 N–H and O–H groups in total. The van der Waals surface area contributed by atoms with Crippen molar-refractivity contribution in [2.75, 3.05) is 5.73 Å². The quantitative estimate of drug-likeness (QED) is 0.878. The lowest BCUT2D eigenvalue weighted by atomic mass is 10.1. The van der Waals surface area contributed by atoms with Crippen LogP contribution in [0.25, 0.3) is 0 Å². The Labute approximate surface area is 120 Å². The van der Waals surface area contributed by atoms with Gasteiger partial charge >= 0.3 is 0 Å². The van der Waals surface area contributed by atoms with Gasteiger partial charge in [-0.2, -0.15) is 0 Å². The molecule has 0 aliphatic heterocycles. The maximum absolute atomic E-state index is 13.5. The van der Waals surface area contributed by atoms with E-state index in [0.29, 0.717) is 12.1 Å². The van der Waals surface area contributed by atoms with Gasteiger partial charge in [0.05, 0.1) is 12.2 Å². The molecule has 20 heavy (non-hydrogen) atoms. The maximum atomic E-state index is 13.5. The van der Waals surface area contributed by atoms with Gasteiger partial charge in [-0.3, -0.25) is 4.79 Å². The number of benzene rings is 1. The largest absolute Gasteiger partial charge is 0.396 e. The highest BCUT2D eigenvalue weighted by Crippen LogP contribution is 2.31. The van der Waals surface area contributed by atoms with Gasteiger partial charge in [0.2, 0.25) is 0 Å². The van der Waals surface area contributed by atoms with Crippen LogP contribution in [0, 0.1) is 5.82 Å². The minimum atomic E-state index is -0.539. The van der Waals surface area contributed by atoms with Crippen LogP contribution in [0.2, 0.25) is 0 Å². The Morgan fingerprint density at radius 2 is 2.20 bits per heavy atom. The van der Waals surface area contributed by atoms with Gasteiger partial charge in [-0.25, -0.2) is 4.39 Å². The van der Waals surface area contributed by atoms with E-state index in [1.54, 1.807) is 17.4 Å². The van der Waals surface area contributed by atoms with Gasteiger partial charge in [-0.1, -0.05) is 6.07 Å². The summed E-state index contributed by atoms with van der Waals surface area (Å²) in [6.07, 6.45) is 2.04. The highest BCUT2D eigenvalue weighted by molar-refractivity contribution is 7.09. The van der Waals surface area contributed by atoms with E-state index in [2.05, 4.69) is 0 Å². The molecule has 0 bridgehead atoms. The van der Waals surface area contributed by atoms with Crippen LogP contribution in [0.4, 0.5) is 10.1 Å². The summed E-state index contributed by atoms with van der Waals surface area (Å²) in [7, 11) is 0. The second-order valence-corrected chi connectivity index (χ2v) is 6.01. The molecule has 5 heteroatoms. The van der Waals surface area contributed by atoms with Gasteiger partial charge in [0.25, 0.3) is 5.91 Å². The average molecular weight is 290 g/mol. The Hall–Kier alpha value is -1.88. The first-order valence-electron chi connectivity index (χ1n) is 6.53. The Morgan fingerprint density at radius 1 is 1.40 bits per heavy atom. The lowest BCUT2D eigenvalue weighted by Gasteiger charge is -2.22. The average Bonchev–Trinajstić information content (AvgIpc) is 3.15. The summed E-state index contributed by atoms with van der Waals surface area (Å²) in [5.41, 5.74) is 5.88. The molecule has 2 aromatic rings. The smallest absolute Gasteiger partial charge is 0.254 e. The Morgan fingerprint density at radius 3 is 2.80 bits per heavy atom. The predicted molar refractivity (Wildman–Crippen MR) is 78.0 cm³/mol. The fraction of sp³-hybridized carbons (Fsp3) is 0.267. The van der Waals surface area contributed by atoms with Gasteiger partial charge in [0.1, 0.15) is 5.82 Å². The van der Waals surface area contributed by atoms with E-state index in [1.165, 1.54) is 12.1 Å². The summed E-state index contributed by atoms with van der Waals surface area (Å²) in [5, 5.41) is 1.99. The normalized spacial score (nSPS) is 14.2. The summed E-state index contributed by atoms with van der Waals surface area (Å²) in [5.74, 6) is -0.664. The zero-order valence-corrected chi connectivity index (χ0v) is 11.7. The van der Waals surface area contributed by atoms with Crippen molar-refractivity contribution in [3.05, 3.63) is 52.0 Å². The van der Waals surface area contributed by atoms with Gasteiger partial charge in [-0.05, 0) is 42.5 Å². The van der Waals surface area contributed by atoms with Crippen molar-refractivity contribution in [3.8, 4) is 0 Å². The number of nitrogen functional groups attached to an aromatic ring is 1. The first-order valence-corrected chi connectivity index (χ1v) is 7.41. The van der Waals surface area contributed by atoms with Crippen molar-refractivity contribution in [1.29, 1.82) is 0 Å². The van der Waals surface area contributed by atoms with E-state index in [1.807, 2.05) is 22.4 Å². The molecule has 0 saturated heterocycles. The van der Waals surface area contributed by atoms with Crippen LogP contribution in [0.3, 0.4) is 0 Å². The van der Waals surface area contributed by atoms with Crippen LogP contribution in [0.5, 0.6) is 0 Å². The molecule has 1 aromatic heterocycles. The fourth-order valence-corrected chi connectivity index (χ4v) is 2.85. The number of carbonyl (C=O) groups is 1. The van der Waals surface area contributed by atoms with Crippen LogP contribution in [0.15, 0.2) is 35.7 Å². The van der Waals surface area contributed by atoms with Crippen LogP contribution >= 0.6 is 11.3 Å². The van der Waals surface area contributed by atoms with E-state index in [0.717, 1.165) is 17.7 Å². The number of rotatable bonds is 4. The number of halogens is 1. The molecule has 3 nitrogen and oxygen atoms in total. The molecule has 0 spiro atoms. The Kier molecular flexibility index (Phi) is 3.44. The second kappa shape index (κ2) is 5.25. The summed E-state index contributed by atoms with van der Waals surface area (Å²) in [4.78, 5) is 15.5. The zero-order chi connectivity index (χ0) is 14.1. The fourth-order valence-electron chi connectivity index (χ4n) is 2.15. The molecule has 0 unspecified atom stereocenters. The molecule has 1 aliphatic rings. The van der Waals surface area contributed by atoms with Crippen LogP contribution < -0.4 is 5.73 Å². The van der Waals surface area contributed by atoms with Crippen molar-refractivity contribution in [1.82, 2.24) is 4.90 Å². The van der Waals surface area contributed by atoms with Crippen LogP contribution in [0.1, 0.15) is 28.1 Å². The minimum absolute atomic E-state index is 0.0674. The highest BCUT2D eigenvalue weighted by atomic mass is 32.1. The van der Waals surface area contributed by atoms with E-state index >= 15 is 0 Å². The SMILES string of the molecule is Nc1ccc(C(=O)N(Cc2cccs2)C2CC2)cc1F. The minimum Gasteiger partial charge on any atom is -0.396 e. The number of nitrogens with two attached hydrogens (primary N) is 1. The summed E-state index contributed by atoms with van der Waals surface area (Å²) in [6.45, 7) is 0.590. The highest BCUT2D eigenvalue weighted by Gasteiger charge is 2.33. The maximum Gasteiger partial charge on any atom is 0.254 e. The molecule has 1 fully saturated rings. The zero-order valence-electron chi connectivity index (χ0n) is 10.9. The molecular formula is C15H15FN2OS. The van der Waals surface area contributed by atoms with Crippen molar-refractivity contribution >= 4 is 22.9 Å². The molecule has 1 saturated carbocycles. The van der Waals surface area contributed by atoms with E-state index in [-0.39, 0.29) is 17.6 Å². The molecule has 3 rings (SSSR count). The van der Waals surface area contributed by atoms with Gasteiger partial charge < -0.3 is 10.6 Å². The molecule has 1 aromatic carbocycles. The third kappa shape index (κ3) is 2.67. The van der Waals surface area contributed by atoms with E-state index in [9.17, 15) is 9.18 Å². The number of amides is 1. The van der Waals surface area contributed by atoms with Gasteiger partial charge in [0.15, 0.2) is 0 Å². The van der Waals surface area contributed by atoms with Crippen molar-refractivity contribution in [2.24, 2.45) is 0 Å². The molecular weight excluding hydrogens is 275 g/mol. The first kappa shape index (κ1) is 13.1. The number of carbonyl (C=O) groups excluding carboxylic acids is 1. The molecule has 0 atom stereocenters. The van der Waals surface area contributed by atoms with Gasteiger partial charge in [-0.15, -0.1) is 11.3 Å². The van der Waals surface area contributed by atoms with E-state index < -0.39 is 5.82 Å². The number of anilines is 1. The summed E-state index contributed by atoms with van der Waals surface area (Å²) in [6, 6.07) is 8.52. The number of nitrogens with zero attached hydrogens (tertiary/aromatic N) is 1. The third-order valence-electron chi connectivity index (χ3n) is 3.40. The molecule has 1 heterocycles. The Balaban J connectivity index is 1.83. The van der Waals surface area contributed by atoms with Crippen LogP contribution in [-0.4, -0.2) is 16.8 Å². The summed E-state index contributed by atoms with van der Waals surface area (Å²) >= 11 is 1.63. The van der Waals surface area contributed by atoms with Crippen molar-refractivity contribution < 1.29 is 9.18 Å². The van der Waals surface area contributed by atoms with Gasteiger partial charge in [0, 0.05) is 16.5 Å². The lowest BCUT2D eigenvalue weighted by molar-refractivity contribution is 0.0731. The van der Waals surface area contributed by atoms with Crippen molar-refractivity contribution in [2.45, 2.75) is 25.4 Å². The number of hydrogen-bond acceptors (Lipinski definition) is 3. The summed E-state index contributed by atoms with van der Waals surface area (Å²) < 4.78 is 13.5. The Bertz CT molecular complexity index is 623. The monoisotopic (exact) mass is 290 g/mol. The van der Waals surface area contributed by atoms with Crippen LogP contribution in [-0.2, 0) is 6.54 Å². The molecule has 1 amide bonds. The topological polar surface area (TPSA) is 46.3 Å². The van der Waals surface area contributed by atoms with E-state index in [4.69, 9.17) is 5.73 Å². The second-order valence-electron chi connectivity index (χ2n) is 4.98. The molecule has 0 radical (unpaired) electrons. The standard InChI is InChI=1S/C15H15FN2OS/c16-13-8-10(3-6-14(13)17)15(19)18(11-4-5-11)9-12-2-1-7-20-12/h1-3,6-8,11H,4-5,9,17H2. The number of thiophene rings is 1. The molecule has 1 aliphatic carbocycles. The third-order valence-corrected chi connectivity index (χ3v) is 4.26. The molecule has 104 valence electrons.